The van der Waals surface area contributed by atoms with Gasteiger partial charge in [-0.1, -0.05) is 29.8 Å². The smallest absolute Gasteiger partial charge is 0.313 e. The van der Waals surface area contributed by atoms with Gasteiger partial charge < -0.3 is 9.84 Å². The van der Waals surface area contributed by atoms with Crippen molar-refractivity contribution in [3.05, 3.63) is 58.9 Å². The van der Waals surface area contributed by atoms with Crippen LogP contribution in [-0.2, 0) is 10.5 Å². The van der Waals surface area contributed by atoms with Crippen molar-refractivity contribution in [3.63, 3.8) is 0 Å². The minimum Gasteiger partial charge on any atom is -0.481 e. The molecule has 0 aromatic heterocycles. The highest BCUT2D eigenvalue weighted by atomic mass is 35.5. The van der Waals surface area contributed by atoms with Gasteiger partial charge in [-0.15, -0.1) is 11.8 Å². The Morgan fingerprint density at radius 3 is 2.76 bits per heavy atom. The molecular formula is C15H12ClFO3S. The Labute approximate surface area is 130 Å². The molecule has 0 saturated carbocycles. The summed E-state index contributed by atoms with van der Waals surface area (Å²) in [6.45, 7) is 0. The van der Waals surface area contributed by atoms with Crippen LogP contribution in [-0.4, -0.2) is 16.8 Å². The third-order valence-corrected chi connectivity index (χ3v) is 3.85. The van der Waals surface area contributed by atoms with Gasteiger partial charge in [-0.25, -0.2) is 4.39 Å². The lowest BCUT2D eigenvalue weighted by Gasteiger charge is -2.11. The molecule has 2 rings (SSSR count). The number of hydrogen-bond acceptors (Lipinski definition) is 3. The molecule has 0 fully saturated rings. The first kappa shape index (κ1) is 15.7. The van der Waals surface area contributed by atoms with Crippen LogP contribution in [0.4, 0.5) is 4.39 Å². The van der Waals surface area contributed by atoms with Gasteiger partial charge >= 0.3 is 5.97 Å². The Morgan fingerprint density at radius 2 is 2.05 bits per heavy atom. The number of aliphatic carboxylic acids is 1. The molecule has 6 heteroatoms. The fourth-order valence-electron chi connectivity index (χ4n) is 1.64. The standard InChI is InChI=1S/C15H12ClFO3S/c16-12-6-5-11(7-13(12)17)20-14-4-2-1-3-10(14)8-21-9-15(18)19/h1-7H,8-9H2,(H,18,19). The van der Waals surface area contributed by atoms with Crippen LogP contribution in [0.1, 0.15) is 5.56 Å². The van der Waals surface area contributed by atoms with Crippen LogP contribution in [0.2, 0.25) is 5.02 Å². The number of carbonyl (C=O) groups is 1. The third-order valence-electron chi connectivity index (χ3n) is 2.57. The zero-order chi connectivity index (χ0) is 15.2. The van der Waals surface area contributed by atoms with Crippen molar-refractivity contribution >= 4 is 29.3 Å². The van der Waals surface area contributed by atoms with Crippen LogP contribution in [0.25, 0.3) is 0 Å². The van der Waals surface area contributed by atoms with Gasteiger partial charge in [0.1, 0.15) is 17.3 Å². The van der Waals surface area contributed by atoms with E-state index in [9.17, 15) is 9.18 Å². The summed E-state index contributed by atoms with van der Waals surface area (Å²) in [4.78, 5) is 10.5. The normalized spacial score (nSPS) is 10.4. The summed E-state index contributed by atoms with van der Waals surface area (Å²) >= 11 is 6.89. The van der Waals surface area contributed by atoms with E-state index in [0.717, 1.165) is 5.56 Å². The zero-order valence-corrected chi connectivity index (χ0v) is 12.5. The molecule has 21 heavy (non-hydrogen) atoms. The topological polar surface area (TPSA) is 46.5 Å². The first-order valence-electron chi connectivity index (χ1n) is 6.06. The first-order valence-corrected chi connectivity index (χ1v) is 7.60. The van der Waals surface area contributed by atoms with E-state index in [2.05, 4.69) is 0 Å². The zero-order valence-electron chi connectivity index (χ0n) is 10.9. The molecular weight excluding hydrogens is 315 g/mol. The summed E-state index contributed by atoms with van der Waals surface area (Å²) in [7, 11) is 0. The second kappa shape index (κ2) is 7.33. The number of hydrogen-bond donors (Lipinski definition) is 1. The summed E-state index contributed by atoms with van der Waals surface area (Å²) in [6, 6.07) is 11.4. The molecule has 0 aliphatic rings. The molecule has 0 spiro atoms. The SMILES string of the molecule is O=C(O)CSCc1ccccc1Oc1ccc(Cl)c(F)c1. The summed E-state index contributed by atoms with van der Waals surface area (Å²) < 4.78 is 19.0. The number of thioether (sulfide) groups is 1. The van der Waals surface area contributed by atoms with Gasteiger partial charge in [-0.3, -0.25) is 4.79 Å². The number of carboxylic acid groups (broad SMARTS) is 1. The largest absolute Gasteiger partial charge is 0.481 e. The van der Waals surface area contributed by atoms with E-state index >= 15 is 0 Å². The van der Waals surface area contributed by atoms with E-state index in [1.807, 2.05) is 12.1 Å². The third kappa shape index (κ3) is 4.65. The quantitative estimate of drug-likeness (QED) is 0.843. The monoisotopic (exact) mass is 326 g/mol. The van der Waals surface area contributed by atoms with Crippen molar-refractivity contribution in [1.29, 1.82) is 0 Å². The molecule has 0 saturated heterocycles. The van der Waals surface area contributed by atoms with Gasteiger partial charge in [-0.05, 0) is 18.2 Å². The van der Waals surface area contributed by atoms with Crippen LogP contribution in [0.3, 0.4) is 0 Å². The Bertz CT molecular complexity index is 649. The van der Waals surface area contributed by atoms with Crippen LogP contribution in [0, 0.1) is 5.82 Å². The average molecular weight is 327 g/mol. The molecule has 0 aliphatic carbocycles. The van der Waals surface area contributed by atoms with Crippen molar-refractivity contribution in [1.82, 2.24) is 0 Å². The molecule has 0 amide bonds. The van der Waals surface area contributed by atoms with Crippen LogP contribution < -0.4 is 4.74 Å². The van der Waals surface area contributed by atoms with Crippen molar-refractivity contribution in [2.45, 2.75) is 5.75 Å². The van der Waals surface area contributed by atoms with Crippen molar-refractivity contribution < 1.29 is 19.0 Å². The van der Waals surface area contributed by atoms with Crippen molar-refractivity contribution in [2.75, 3.05) is 5.75 Å². The summed E-state index contributed by atoms with van der Waals surface area (Å²) in [5.74, 6) is 0.0115. The van der Waals surface area contributed by atoms with E-state index in [4.69, 9.17) is 21.4 Å². The number of carboxylic acids is 1. The lowest BCUT2D eigenvalue weighted by molar-refractivity contribution is -0.133. The number of benzene rings is 2. The predicted molar refractivity (Wildman–Crippen MR) is 81.7 cm³/mol. The maximum absolute atomic E-state index is 13.4. The van der Waals surface area contributed by atoms with Gasteiger partial charge in [0.25, 0.3) is 0 Å². The van der Waals surface area contributed by atoms with Crippen LogP contribution in [0.5, 0.6) is 11.5 Å². The Kier molecular flexibility index (Phi) is 5.47. The predicted octanol–water partition coefficient (Wildman–Crippen LogP) is 4.59. The Morgan fingerprint density at radius 1 is 1.29 bits per heavy atom. The fraction of sp³-hybridized carbons (Fsp3) is 0.133. The second-order valence-electron chi connectivity index (χ2n) is 4.17. The molecule has 0 heterocycles. The highest BCUT2D eigenvalue weighted by molar-refractivity contribution is 7.99. The number of para-hydroxylation sites is 1. The number of halogens is 2. The van der Waals surface area contributed by atoms with Crippen molar-refractivity contribution in [2.24, 2.45) is 0 Å². The molecule has 0 atom stereocenters. The van der Waals surface area contributed by atoms with Gasteiger partial charge in [-0.2, -0.15) is 0 Å². The number of ether oxygens (including phenoxy) is 1. The van der Waals surface area contributed by atoms with Gasteiger partial charge in [0.05, 0.1) is 10.8 Å². The number of rotatable bonds is 6. The molecule has 1 N–H and O–H groups in total. The van der Waals surface area contributed by atoms with E-state index in [-0.39, 0.29) is 10.8 Å². The Hall–Kier alpha value is -1.72. The molecule has 0 aliphatic heterocycles. The van der Waals surface area contributed by atoms with Gasteiger partial charge in [0, 0.05) is 17.4 Å². The van der Waals surface area contributed by atoms with Gasteiger partial charge in [0.2, 0.25) is 0 Å². The highest BCUT2D eigenvalue weighted by Crippen LogP contribution is 2.29. The maximum atomic E-state index is 13.4. The maximum Gasteiger partial charge on any atom is 0.313 e. The minimum absolute atomic E-state index is 0.0178. The van der Waals surface area contributed by atoms with E-state index < -0.39 is 11.8 Å². The summed E-state index contributed by atoms with van der Waals surface area (Å²) in [6.07, 6.45) is 0. The molecule has 3 nitrogen and oxygen atoms in total. The molecule has 0 radical (unpaired) electrons. The summed E-state index contributed by atoms with van der Waals surface area (Å²) in [5.41, 5.74) is 0.846. The lowest BCUT2D eigenvalue weighted by atomic mass is 10.2. The summed E-state index contributed by atoms with van der Waals surface area (Å²) in [5, 5.41) is 8.68. The van der Waals surface area contributed by atoms with Crippen LogP contribution >= 0.6 is 23.4 Å². The van der Waals surface area contributed by atoms with Gasteiger partial charge in [0.15, 0.2) is 0 Å². The molecule has 2 aromatic rings. The lowest BCUT2D eigenvalue weighted by Crippen LogP contribution is -1.99. The minimum atomic E-state index is -0.863. The van der Waals surface area contributed by atoms with E-state index in [1.165, 1.54) is 23.9 Å². The molecule has 110 valence electrons. The molecule has 2 aromatic carbocycles. The second-order valence-corrected chi connectivity index (χ2v) is 5.57. The van der Waals surface area contributed by atoms with E-state index in [0.29, 0.717) is 17.3 Å². The Balaban J connectivity index is 2.12. The first-order chi connectivity index (χ1) is 10.1. The molecule has 0 bridgehead atoms. The fourth-order valence-corrected chi connectivity index (χ4v) is 2.49. The average Bonchev–Trinajstić information content (AvgIpc) is 2.44. The highest BCUT2D eigenvalue weighted by Gasteiger charge is 2.08. The van der Waals surface area contributed by atoms with Crippen molar-refractivity contribution in [3.8, 4) is 11.5 Å². The van der Waals surface area contributed by atoms with E-state index in [1.54, 1.807) is 18.2 Å². The van der Waals surface area contributed by atoms with Crippen LogP contribution in [0.15, 0.2) is 42.5 Å². The molecule has 0 unspecified atom stereocenters.